The Morgan fingerprint density at radius 3 is 2.96 bits per heavy atom. The number of nitrogens with zero attached hydrogens (tertiary/aromatic N) is 4. The fraction of sp³-hybridized carbons (Fsp3) is 0.611. The molecule has 3 heterocycles. The molecule has 2 atom stereocenters. The third-order valence-corrected chi connectivity index (χ3v) is 5.25. The van der Waals surface area contributed by atoms with Crippen LogP contribution in [0.2, 0.25) is 0 Å². The van der Waals surface area contributed by atoms with Crippen LogP contribution in [0.5, 0.6) is 0 Å². The van der Waals surface area contributed by atoms with E-state index in [0.717, 1.165) is 29.9 Å². The van der Waals surface area contributed by atoms with Gasteiger partial charge in [0.2, 0.25) is 0 Å². The van der Waals surface area contributed by atoms with Crippen LogP contribution < -0.4 is 4.90 Å². The van der Waals surface area contributed by atoms with Crippen LogP contribution in [0.3, 0.4) is 0 Å². The van der Waals surface area contributed by atoms with Gasteiger partial charge in [0.15, 0.2) is 11.7 Å². The smallest absolute Gasteiger partial charge is 0.331 e. The second kappa shape index (κ2) is 5.69. The normalized spacial score (nSPS) is 28.6. The van der Waals surface area contributed by atoms with Crippen molar-refractivity contribution in [2.75, 3.05) is 18.0 Å². The number of carbonyl (C=O) groups excluding carboxylic acids is 1. The van der Waals surface area contributed by atoms with Crippen LogP contribution in [0.1, 0.15) is 58.0 Å². The molecule has 3 aliphatic rings. The molecule has 1 aromatic rings. The van der Waals surface area contributed by atoms with Gasteiger partial charge >= 0.3 is 6.03 Å². The number of urea groups is 1. The predicted octanol–water partition coefficient (Wildman–Crippen LogP) is 2.53. The molecule has 7 heteroatoms. The van der Waals surface area contributed by atoms with Gasteiger partial charge in [-0.15, -0.1) is 0 Å². The molecule has 25 heavy (non-hydrogen) atoms. The number of carbonyl (C=O) groups is 1. The molecule has 0 spiro atoms. The number of allylic oxidation sites excluding steroid dienone is 1. The van der Waals surface area contributed by atoms with E-state index in [1.165, 1.54) is 0 Å². The lowest BCUT2D eigenvalue weighted by atomic mass is 9.87. The van der Waals surface area contributed by atoms with E-state index in [2.05, 4.69) is 23.0 Å². The molecule has 1 aliphatic carbocycles. The Labute approximate surface area is 147 Å². The Morgan fingerprint density at radius 2 is 2.28 bits per heavy atom. The molecule has 4 rings (SSSR count). The molecule has 0 aromatic carbocycles. The molecule has 0 saturated heterocycles. The number of hydrogen-bond acceptors (Lipinski definition) is 4. The highest BCUT2D eigenvalue weighted by Crippen LogP contribution is 2.36. The van der Waals surface area contributed by atoms with E-state index in [1.54, 1.807) is 9.80 Å². The maximum absolute atomic E-state index is 12.9. The van der Waals surface area contributed by atoms with Crippen LogP contribution in [0.15, 0.2) is 11.1 Å². The standard InChI is InChI=1S/C18H25N5O2/c1-4-9-22-16-13(15-19-10-11(2)23(15)17(22)24)20-14(21-16)12-5-7-18(3,25)8-6-12/h5,11,25H,4,6-10H2,1-3H3,(H,20,21)/t11-,18?/m0/s1. The first kappa shape index (κ1) is 16.3. The largest absolute Gasteiger partial charge is 0.390 e. The van der Waals surface area contributed by atoms with Crippen molar-refractivity contribution >= 4 is 23.3 Å². The van der Waals surface area contributed by atoms with Crippen LogP contribution in [-0.2, 0) is 0 Å². The zero-order chi connectivity index (χ0) is 17.8. The number of aliphatic hydroxyl groups is 1. The summed E-state index contributed by atoms with van der Waals surface area (Å²) in [5.74, 6) is 2.18. The molecule has 1 unspecified atom stereocenters. The van der Waals surface area contributed by atoms with E-state index in [0.29, 0.717) is 37.6 Å². The Kier molecular flexibility index (Phi) is 3.72. The summed E-state index contributed by atoms with van der Waals surface area (Å²) >= 11 is 0. The number of H-pyrrole nitrogens is 1. The van der Waals surface area contributed by atoms with Crippen molar-refractivity contribution in [2.45, 2.75) is 58.1 Å². The van der Waals surface area contributed by atoms with Gasteiger partial charge in [-0.2, -0.15) is 0 Å². The van der Waals surface area contributed by atoms with Gasteiger partial charge < -0.3 is 10.1 Å². The first-order valence-electron chi connectivity index (χ1n) is 9.08. The first-order valence-corrected chi connectivity index (χ1v) is 9.08. The van der Waals surface area contributed by atoms with Gasteiger partial charge in [-0.05, 0) is 45.1 Å². The number of amides is 2. The lowest BCUT2D eigenvalue weighted by molar-refractivity contribution is 0.0523. The molecule has 7 nitrogen and oxygen atoms in total. The van der Waals surface area contributed by atoms with Gasteiger partial charge in [0.25, 0.3) is 0 Å². The van der Waals surface area contributed by atoms with Crippen molar-refractivity contribution in [3.8, 4) is 0 Å². The lowest BCUT2D eigenvalue weighted by Gasteiger charge is -2.34. The third kappa shape index (κ3) is 2.57. The number of nitrogens with one attached hydrogen (secondary N) is 1. The molecule has 0 radical (unpaired) electrons. The molecule has 2 aliphatic heterocycles. The molecule has 0 saturated carbocycles. The Balaban J connectivity index is 1.75. The minimum Gasteiger partial charge on any atom is -0.390 e. The zero-order valence-corrected chi connectivity index (χ0v) is 15.0. The van der Waals surface area contributed by atoms with Crippen molar-refractivity contribution < 1.29 is 9.90 Å². The summed E-state index contributed by atoms with van der Waals surface area (Å²) < 4.78 is 0. The van der Waals surface area contributed by atoms with Gasteiger partial charge in [0.05, 0.1) is 18.2 Å². The van der Waals surface area contributed by atoms with Crippen molar-refractivity contribution in [3.63, 3.8) is 0 Å². The third-order valence-electron chi connectivity index (χ3n) is 5.25. The number of rotatable bonds is 3. The highest BCUT2D eigenvalue weighted by atomic mass is 16.3. The summed E-state index contributed by atoms with van der Waals surface area (Å²) in [5.41, 5.74) is 1.30. The van der Waals surface area contributed by atoms with Crippen molar-refractivity contribution in [2.24, 2.45) is 4.99 Å². The van der Waals surface area contributed by atoms with Gasteiger partial charge in [-0.1, -0.05) is 13.0 Å². The Bertz CT molecular complexity index is 776. The van der Waals surface area contributed by atoms with Crippen LogP contribution >= 0.6 is 0 Å². The first-order chi connectivity index (χ1) is 11.9. The van der Waals surface area contributed by atoms with E-state index in [9.17, 15) is 9.90 Å². The number of aliphatic imine (C=N–C) groups is 1. The monoisotopic (exact) mass is 343 g/mol. The number of aromatic nitrogens is 2. The fourth-order valence-electron chi connectivity index (χ4n) is 3.74. The zero-order valence-electron chi connectivity index (χ0n) is 15.0. The molecule has 134 valence electrons. The number of aromatic amines is 1. The SMILES string of the molecule is CCCN1C(=O)N2C(=NC[C@@H]2C)c2[nH]c(C3=CCC(C)(O)CC3)nc21. The predicted molar refractivity (Wildman–Crippen MR) is 96.8 cm³/mol. The average molecular weight is 343 g/mol. The number of amidine groups is 1. The summed E-state index contributed by atoms with van der Waals surface area (Å²) in [7, 11) is 0. The number of anilines is 1. The highest BCUT2D eigenvalue weighted by Gasteiger charge is 2.43. The van der Waals surface area contributed by atoms with Gasteiger partial charge in [-0.25, -0.2) is 9.78 Å². The summed E-state index contributed by atoms with van der Waals surface area (Å²) in [6.07, 6.45) is 5.03. The molecule has 0 fully saturated rings. The summed E-state index contributed by atoms with van der Waals surface area (Å²) in [4.78, 5) is 29.2. The summed E-state index contributed by atoms with van der Waals surface area (Å²) in [6.45, 7) is 7.21. The fourth-order valence-corrected chi connectivity index (χ4v) is 3.74. The minimum atomic E-state index is -0.637. The highest BCUT2D eigenvalue weighted by molar-refractivity contribution is 6.18. The van der Waals surface area contributed by atoms with E-state index in [4.69, 9.17) is 4.98 Å². The number of fused-ring (bicyclic) bond motifs is 3. The van der Waals surface area contributed by atoms with E-state index in [1.807, 2.05) is 13.8 Å². The lowest BCUT2D eigenvalue weighted by Crippen LogP contribution is -2.53. The van der Waals surface area contributed by atoms with E-state index in [-0.39, 0.29) is 12.1 Å². The van der Waals surface area contributed by atoms with Crippen LogP contribution in [0, 0.1) is 0 Å². The molecule has 2 amide bonds. The maximum atomic E-state index is 12.9. The average Bonchev–Trinajstić information content (AvgIpc) is 3.15. The molecular weight excluding hydrogens is 318 g/mol. The molecule has 1 aromatic heterocycles. The molecule has 0 bridgehead atoms. The second-order valence-corrected chi connectivity index (χ2v) is 7.53. The number of imidazole rings is 1. The Morgan fingerprint density at radius 1 is 1.48 bits per heavy atom. The summed E-state index contributed by atoms with van der Waals surface area (Å²) in [6, 6.07) is 0.0439. The van der Waals surface area contributed by atoms with Crippen LogP contribution in [0.4, 0.5) is 10.6 Å². The van der Waals surface area contributed by atoms with Crippen molar-refractivity contribution in [1.29, 1.82) is 0 Å². The van der Waals surface area contributed by atoms with Gasteiger partial charge in [0, 0.05) is 6.54 Å². The number of hydrogen-bond donors (Lipinski definition) is 2. The van der Waals surface area contributed by atoms with Crippen LogP contribution in [-0.4, -0.2) is 56.6 Å². The molecule has 2 N–H and O–H groups in total. The quantitative estimate of drug-likeness (QED) is 0.884. The van der Waals surface area contributed by atoms with Gasteiger partial charge in [0.1, 0.15) is 11.5 Å². The second-order valence-electron chi connectivity index (χ2n) is 7.53. The summed E-state index contributed by atoms with van der Waals surface area (Å²) in [5, 5.41) is 10.1. The Hall–Kier alpha value is -2.15. The topological polar surface area (TPSA) is 84.8 Å². The van der Waals surface area contributed by atoms with Crippen molar-refractivity contribution in [3.05, 3.63) is 17.6 Å². The maximum Gasteiger partial charge on any atom is 0.331 e. The molecular formula is C18H25N5O2. The van der Waals surface area contributed by atoms with Crippen LogP contribution in [0.25, 0.3) is 5.57 Å². The minimum absolute atomic E-state index is 0.0308. The van der Waals surface area contributed by atoms with E-state index >= 15 is 0 Å². The van der Waals surface area contributed by atoms with Crippen molar-refractivity contribution in [1.82, 2.24) is 14.9 Å². The van der Waals surface area contributed by atoms with E-state index < -0.39 is 5.60 Å². The van der Waals surface area contributed by atoms with Gasteiger partial charge in [-0.3, -0.25) is 14.8 Å².